The van der Waals surface area contributed by atoms with Crippen molar-refractivity contribution >= 4 is 17.7 Å². The van der Waals surface area contributed by atoms with Gasteiger partial charge in [-0.05, 0) is 42.0 Å². The topological polar surface area (TPSA) is 38.3 Å². The van der Waals surface area contributed by atoms with Crippen molar-refractivity contribution in [1.29, 1.82) is 0 Å². The zero-order chi connectivity index (χ0) is 17.2. The highest BCUT2D eigenvalue weighted by Gasteiger charge is 2.00. The van der Waals surface area contributed by atoms with Crippen molar-refractivity contribution in [2.45, 2.75) is 13.3 Å². The molecule has 0 radical (unpaired) electrons. The predicted molar refractivity (Wildman–Crippen MR) is 94.1 cm³/mol. The van der Waals surface area contributed by atoms with Crippen LogP contribution in [0.5, 0.6) is 5.75 Å². The second-order valence-corrected chi connectivity index (χ2v) is 4.90. The number of halogens is 1. The molecular formula is C20H18FNO2. The molecule has 0 bridgehead atoms. The average molecular weight is 323 g/mol. The molecule has 24 heavy (non-hydrogen) atoms. The van der Waals surface area contributed by atoms with Gasteiger partial charge in [-0.2, -0.15) is 0 Å². The number of anilines is 1. The summed E-state index contributed by atoms with van der Waals surface area (Å²) in [7, 11) is 0. The van der Waals surface area contributed by atoms with Crippen LogP contribution in [-0.4, -0.2) is 12.5 Å². The Kier molecular flexibility index (Phi) is 6.60. The number of carbonyl (C=O) groups excluding carboxylic acids is 1. The Labute approximate surface area is 141 Å². The van der Waals surface area contributed by atoms with Gasteiger partial charge >= 0.3 is 5.97 Å². The highest BCUT2D eigenvalue weighted by atomic mass is 19.1. The van der Waals surface area contributed by atoms with Crippen LogP contribution in [0.3, 0.4) is 0 Å². The highest BCUT2D eigenvalue weighted by molar-refractivity contribution is 5.90. The van der Waals surface area contributed by atoms with Gasteiger partial charge in [0.25, 0.3) is 0 Å². The summed E-state index contributed by atoms with van der Waals surface area (Å²) < 4.78 is 17.9. The van der Waals surface area contributed by atoms with E-state index in [2.05, 4.69) is 17.2 Å². The van der Waals surface area contributed by atoms with Gasteiger partial charge in [-0.3, -0.25) is 0 Å². The molecule has 2 aromatic rings. The van der Waals surface area contributed by atoms with Crippen LogP contribution in [0.2, 0.25) is 0 Å². The van der Waals surface area contributed by atoms with E-state index in [-0.39, 0.29) is 5.82 Å². The molecule has 0 fully saturated rings. The van der Waals surface area contributed by atoms with E-state index in [1.165, 1.54) is 12.1 Å². The summed E-state index contributed by atoms with van der Waals surface area (Å²) in [4.78, 5) is 11.4. The fourth-order valence-electron chi connectivity index (χ4n) is 1.88. The van der Waals surface area contributed by atoms with Crippen molar-refractivity contribution in [3.8, 4) is 17.6 Å². The Hall–Kier alpha value is -3.06. The molecule has 0 aliphatic rings. The van der Waals surface area contributed by atoms with E-state index in [1.54, 1.807) is 24.3 Å². The molecule has 4 heteroatoms. The molecule has 0 amide bonds. The first kappa shape index (κ1) is 17.3. The summed E-state index contributed by atoms with van der Waals surface area (Å²) in [6.07, 6.45) is 4.47. The second-order valence-electron chi connectivity index (χ2n) is 4.90. The first-order valence-corrected chi connectivity index (χ1v) is 7.64. The summed E-state index contributed by atoms with van der Waals surface area (Å²) in [5, 5.41) is 3.21. The Balaban J connectivity index is 1.81. The third-order valence-corrected chi connectivity index (χ3v) is 3.04. The van der Waals surface area contributed by atoms with Crippen LogP contribution in [-0.2, 0) is 4.79 Å². The maximum atomic E-state index is 12.8. The first-order valence-electron chi connectivity index (χ1n) is 7.64. The van der Waals surface area contributed by atoms with Crippen molar-refractivity contribution in [3.63, 3.8) is 0 Å². The number of esters is 1. The van der Waals surface area contributed by atoms with Crippen LogP contribution in [0.15, 0.2) is 54.6 Å². The van der Waals surface area contributed by atoms with Crippen LogP contribution in [0, 0.1) is 17.7 Å². The van der Waals surface area contributed by atoms with Gasteiger partial charge in [-0.1, -0.05) is 37.1 Å². The molecule has 1 N–H and O–H groups in total. The molecule has 0 saturated carbocycles. The predicted octanol–water partition coefficient (Wildman–Crippen LogP) is 4.27. The lowest BCUT2D eigenvalue weighted by Crippen LogP contribution is -2.04. The van der Waals surface area contributed by atoms with E-state index < -0.39 is 5.97 Å². The molecule has 0 spiro atoms. The molecule has 0 heterocycles. The van der Waals surface area contributed by atoms with E-state index >= 15 is 0 Å². The number of hydrogen-bond acceptors (Lipinski definition) is 3. The fourth-order valence-corrected chi connectivity index (χ4v) is 1.88. The van der Waals surface area contributed by atoms with E-state index in [4.69, 9.17) is 4.74 Å². The standard InChI is InChI=1S/C20H18FNO2/c1-2-3-6-20(23)24-19-13-11-18(12-14-19)22-15-4-5-16-7-9-17(21)10-8-16/h4-5,7-14,22H,2,15H2,1H3. The van der Waals surface area contributed by atoms with Gasteiger partial charge in [-0.25, -0.2) is 9.18 Å². The van der Waals surface area contributed by atoms with Gasteiger partial charge in [0.15, 0.2) is 0 Å². The molecule has 0 saturated heterocycles. The summed E-state index contributed by atoms with van der Waals surface area (Å²) in [5.41, 5.74) is 1.84. The third kappa shape index (κ3) is 5.98. The van der Waals surface area contributed by atoms with E-state index in [0.717, 1.165) is 11.3 Å². The zero-order valence-electron chi connectivity index (χ0n) is 13.4. The molecule has 122 valence electrons. The summed E-state index contributed by atoms with van der Waals surface area (Å²) in [5.74, 6) is 4.72. The highest BCUT2D eigenvalue weighted by Crippen LogP contribution is 2.15. The molecule has 0 aromatic heterocycles. The van der Waals surface area contributed by atoms with Crippen LogP contribution < -0.4 is 10.1 Å². The minimum Gasteiger partial charge on any atom is -0.417 e. The van der Waals surface area contributed by atoms with Crippen LogP contribution >= 0.6 is 0 Å². The number of benzene rings is 2. The van der Waals surface area contributed by atoms with Gasteiger partial charge < -0.3 is 10.1 Å². The number of nitrogens with one attached hydrogen (secondary N) is 1. The van der Waals surface area contributed by atoms with E-state index in [0.29, 0.717) is 18.7 Å². The average Bonchev–Trinajstić information content (AvgIpc) is 2.60. The van der Waals surface area contributed by atoms with Gasteiger partial charge in [0.1, 0.15) is 11.6 Å². The summed E-state index contributed by atoms with van der Waals surface area (Å²) >= 11 is 0. The Morgan fingerprint density at radius 1 is 1.17 bits per heavy atom. The summed E-state index contributed by atoms with van der Waals surface area (Å²) in [6.45, 7) is 2.49. The number of ether oxygens (including phenoxy) is 1. The molecular weight excluding hydrogens is 305 g/mol. The normalized spacial score (nSPS) is 10.1. The van der Waals surface area contributed by atoms with Gasteiger partial charge in [0.05, 0.1) is 0 Å². The minimum absolute atomic E-state index is 0.244. The maximum Gasteiger partial charge on any atom is 0.389 e. The minimum atomic E-state index is -0.556. The van der Waals surface area contributed by atoms with Crippen LogP contribution in [0.25, 0.3) is 6.08 Å². The van der Waals surface area contributed by atoms with Gasteiger partial charge in [0, 0.05) is 24.6 Å². The smallest absolute Gasteiger partial charge is 0.389 e. The van der Waals surface area contributed by atoms with E-state index in [1.807, 2.05) is 31.2 Å². The first-order chi connectivity index (χ1) is 11.7. The Morgan fingerprint density at radius 2 is 1.88 bits per heavy atom. The SMILES string of the molecule is CCC#CC(=O)Oc1ccc(NCC=Cc2ccc(F)cc2)cc1. The molecule has 0 aliphatic carbocycles. The third-order valence-electron chi connectivity index (χ3n) is 3.04. The number of carbonyl (C=O) groups is 1. The van der Waals surface area contributed by atoms with Crippen molar-refractivity contribution in [3.05, 3.63) is 66.0 Å². The lowest BCUT2D eigenvalue weighted by molar-refractivity contribution is -0.128. The van der Waals surface area contributed by atoms with Gasteiger partial charge in [-0.15, -0.1) is 0 Å². The largest absolute Gasteiger partial charge is 0.417 e. The molecule has 2 aromatic carbocycles. The molecule has 0 atom stereocenters. The Morgan fingerprint density at radius 3 is 2.54 bits per heavy atom. The number of hydrogen-bond donors (Lipinski definition) is 1. The van der Waals surface area contributed by atoms with Crippen LogP contribution in [0.4, 0.5) is 10.1 Å². The van der Waals surface area contributed by atoms with Crippen LogP contribution in [0.1, 0.15) is 18.9 Å². The molecule has 2 rings (SSSR count). The zero-order valence-corrected chi connectivity index (χ0v) is 13.4. The lowest BCUT2D eigenvalue weighted by atomic mass is 10.2. The second kappa shape index (κ2) is 9.16. The maximum absolute atomic E-state index is 12.8. The quantitative estimate of drug-likeness (QED) is 0.386. The van der Waals surface area contributed by atoms with E-state index in [9.17, 15) is 9.18 Å². The monoisotopic (exact) mass is 323 g/mol. The van der Waals surface area contributed by atoms with Crippen molar-refractivity contribution in [2.75, 3.05) is 11.9 Å². The molecule has 0 unspecified atom stereocenters. The van der Waals surface area contributed by atoms with Crippen molar-refractivity contribution in [2.24, 2.45) is 0 Å². The lowest BCUT2D eigenvalue weighted by Gasteiger charge is -2.05. The van der Waals surface area contributed by atoms with Gasteiger partial charge in [0.2, 0.25) is 0 Å². The molecule has 3 nitrogen and oxygen atoms in total. The van der Waals surface area contributed by atoms with Crippen molar-refractivity contribution < 1.29 is 13.9 Å². The molecule has 0 aliphatic heterocycles. The fraction of sp³-hybridized carbons (Fsp3) is 0.150. The van der Waals surface area contributed by atoms with Crippen molar-refractivity contribution in [1.82, 2.24) is 0 Å². The Bertz CT molecular complexity index is 753. The summed E-state index contributed by atoms with van der Waals surface area (Å²) in [6, 6.07) is 13.3. The number of rotatable bonds is 5.